The van der Waals surface area contributed by atoms with E-state index in [1.165, 1.54) is 5.56 Å². The lowest BCUT2D eigenvalue weighted by Crippen LogP contribution is -2.31. The van der Waals surface area contributed by atoms with Crippen LogP contribution in [0.15, 0.2) is 16.7 Å². The van der Waals surface area contributed by atoms with Crippen LogP contribution in [0.25, 0.3) is 0 Å². The molecule has 0 aliphatic heterocycles. The number of aromatic nitrogens is 1. The molecule has 0 aromatic carbocycles. The number of pyridine rings is 1. The predicted molar refractivity (Wildman–Crippen MR) is 68.3 cm³/mol. The molecule has 0 amide bonds. The Morgan fingerprint density at radius 2 is 2.20 bits per heavy atom. The van der Waals surface area contributed by atoms with Gasteiger partial charge in [-0.25, -0.2) is 4.98 Å². The zero-order valence-corrected chi connectivity index (χ0v) is 11.3. The number of nitrogens with zero attached hydrogens (tertiary/aromatic N) is 2. The highest BCUT2D eigenvalue weighted by Gasteiger charge is 2.07. The number of nitrogens with one attached hydrogen (secondary N) is 1. The number of aryl methyl sites for hydroxylation is 1. The van der Waals surface area contributed by atoms with E-state index in [1.807, 2.05) is 12.3 Å². The van der Waals surface area contributed by atoms with Crippen LogP contribution in [0.2, 0.25) is 0 Å². The molecule has 1 atom stereocenters. The van der Waals surface area contributed by atoms with Gasteiger partial charge in [0, 0.05) is 18.8 Å². The molecule has 0 fully saturated rings. The average Bonchev–Trinajstić information content (AvgIpc) is 2.19. The zero-order chi connectivity index (χ0) is 11.4. The molecule has 1 heterocycles. The molecule has 1 unspecified atom stereocenters. The molecule has 84 valence electrons. The van der Waals surface area contributed by atoms with Crippen LogP contribution in [0.3, 0.4) is 0 Å². The standard InChI is InChI=1S/C11H18BrN3/c1-8-5-6-13-11(10(8)12)14-7-9(2)15(3)4/h5-6,9H,7H2,1-4H3,(H,13,14). The molecule has 0 aliphatic rings. The van der Waals surface area contributed by atoms with E-state index in [0.29, 0.717) is 6.04 Å². The van der Waals surface area contributed by atoms with Gasteiger partial charge in [-0.2, -0.15) is 0 Å². The Balaban J connectivity index is 2.62. The van der Waals surface area contributed by atoms with E-state index in [-0.39, 0.29) is 0 Å². The van der Waals surface area contributed by atoms with Crippen LogP contribution < -0.4 is 5.32 Å². The number of likely N-dealkylation sites (N-methyl/N-ethyl adjacent to an activating group) is 1. The molecule has 0 aliphatic carbocycles. The van der Waals surface area contributed by atoms with E-state index in [9.17, 15) is 0 Å². The van der Waals surface area contributed by atoms with Crippen molar-refractivity contribution in [3.63, 3.8) is 0 Å². The van der Waals surface area contributed by atoms with E-state index < -0.39 is 0 Å². The van der Waals surface area contributed by atoms with Gasteiger partial charge in [0.15, 0.2) is 0 Å². The average molecular weight is 272 g/mol. The van der Waals surface area contributed by atoms with Crippen LogP contribution >= 0.6 is 15.9 Å². The van der Waals surface area contributed by atoms with Crippen molar-refractivity contribution in [3.05, 3.63) is 22.3 Å². The van der Waals surface area contributed by atoms with E-state index in [1.54, 1.807) is 0 Å². The minimum Gasteiger partial charge on any atom is -0.368 e. The van der Waals surface area contributed by atoms with Gasteiger partial charge in [0.2, 0.25) is 0 Å². The summed E-state index contributed by atoms with van der Waals surface area (Å²) in [5.74, 6) is 0.920. The Labute approximate surface area is 100 Å². The third-order valence-corrected chi connectivity index (χ3v) is 3.53. The minimum atomic E-state index is 0.485. The molecule has 0 spiro atoms. The number of rotatable bonds is 4. The molecule has 1 N–H and O–H groups in total. The highest BCUT2D eigenvalue weighted by molar-refractivity contribution is 9.10. The van der Waals surface area contributed by atoms with Gasteiger partial charge in [-0.05, 0) is 55.5 Å². The van der Waals surface area contributed by atoms with E-state index >= 15 is 0 Å². The quantitative estimate of drug-likeness (QED) is 0.912. The fourth-order valence-corrected chi connectivity index (χ4v) is 1.47. The summed E-state index contributed by atoms with van der Waals surface area (Å²) < 4.78 is 1.05. The van der Waals surface area contributed by atoms with Crippen LogP contribution in [0.1, 0.15) is 12.5 Å². The maximum atomic E-state index is 4.29. The van der Waals surface area contributed by atoms with Crippen LogP contribution in [0, 0.1) is 6.92 Å². The van der Waals surface area contributed by atoms with Crippen molar-refractivity contribution in [2.45, 2.75) is 19.9 Å². The predicted octanol–water partition coefficient (Wildman–Crippen LogP) is 2.51. The molecule has 4 heteroatoms. The summed E-state index contributed by atoms with van der Waals surface area (Å²) in [7, 11) is 4.15. The third kappa shape index (κ3) is 3.47. The second kappa shape index (κ2) is 5.47. The lowest BCUT2D eigenvalue weighted by atomic mass is 10.3. The molecule has 0 saturated carbocycles. The summed E-state index contributed by atoms with van der Waals surface area (Å²) in [4.78, 5) is 6.47. The lowest BCUT2D eigenvalue weighted by Gasteiger charge is -2.20. The molecular weight excluding hydrogens is 254 g/mol. The monoisotopic (exact) mass is 271 g/mol. The number of halogens is 1. The number of anilines is 1. The molecule has 15 heavy (non-hydrogen) atoms. The summed E-state index contributed by atoms with van der Waals surface area (Å²) in [6.45, 7) is 5.13. The highest BCUT2D eigenvalue weighted by Crippen LogP contribution is 2.23. The van der Waals surface area contributed by atoms with Crippen molar-refractivity contribution >= 4 is 21.7 Å². The van der Waals surface area contributed by atoms with E-state index in [0.717, 1.165) is 16.8 Å². The molecule has 1 aromatic rings. The molecular formula is C11H18BrN3. The minimum absolute atomic E-state index is 0.485. The zero-order valence-electron chi connectivity index (χ0n) is 9.71. The van der Waals surface area contributed by atoms with Gasteiger partial charge in [-0.3, -0.25) is 0 Å². The summed E-state index contributed by atoms with van der Waals surface area (Å²) in [6, 6.07) is 2.48. The molecule has 0 bridgehead atoms. The van der Waals surface area contributed by atoms with Crippen molar-refractivity contribution in [2.75, 3.05) is 26.0 Å². The second-order valence-electron chi connectivity index (χ2n) is 3.98. The normalized spacial score (nSPS) is 12.9. The van der Waals surface area contributed by atoms with Gasteiger partial charge in [-0.15, -0.1) is 0 Å². The maximum Gasteiger partial charge on any atom is 0.140 e. The summed E-state index contributed by atoms with van der Waals surface area (Å²) in [5, 5.41) is 3.34. The second-order valence-corrected chi connectivity index (χ2v) is 4.78. The van der Waals surface area contributed by atoms with Gasteiger partial charge in [0.25, 0.3) is 0 Å². The Kier molecular flexibility index (Phi) is 4.54. The first-order valence-electron chi connectivity index (χ1n) is 5.03. The number of hydrogen-bond acceptors (Lipinski definition) is 3. The van der Waals surface area contributed by atoms with Gasteiger partial charge >= 0.3 is 0 Å². The largest absolute Gasteiger partial charge is 0.368 e. The fraction of sp³-hybridized carbons (Fsp3) is 0.545. The first-order valence-corrected chi connectivity index (χ1v) is 5.83. The molecule has 0 radical (unpaired) electrons. The van der Waals surface area contributed by atoms with E-state index in [4.69, 9.17) is 0 Å². The van der Waals surface area contributed by atoms with E-state index in [2.05, 4.69) is 59.1 Å². The Bertz CT molecular complexity index is 326. The third-order valence-electron chi connectivity index (χ3n) is 2.53. The van der Waals surface area contributed by atoms with Crippen molar-refractivity contribution in [3.8, 4) is 0 Å². The fourth-order valence-electron chi connectivity index (χ4n) is 1.09. The smallest absolute Gasteiger partial charge is 0.140 e. The van der Waals surface area contributed by atoms with Crippen LogP contribution in [0.5, 0.6) is 0 Å². The SMILES string of the molecule is Cc1ccnc(NCC(C)N(C)C)c1Br. The van der Waals surface area contributed by atoms with Gasteiger partial charge in [-0.1, -0.05) is 0 Å². The van der Waals surface area contributed by atoms with Gasteiger partial charge in [0.05, 0.1) is 4.47 Å². The van der Waals surface area contributed by atoms with Crippen LogP contribution in [-0.2, 0) is 0 Å². The Hall–Kier alpha value is -0.610. The topological polar surface area (TPSA) is 28.2 Å². The van der Waals surface area contributed by atoms with Crippen molar-refractivity contribution in [1.82, 2.24) is 9.88 Å². The summed E-state index contributed by atoms with van der Waals surface area (Å²) >= 11 is 3.53. The lowest BCUT2D eigenvalue weighted by molar-refractivity contribution is 0.326. The number of hydrogen-bond donors (Lipinski definition) is 1. The first kappa shape index (κ1) is 12.5. The first-order chi connectivity index (χ1) is 7.02. The molecule has 0 saturated heterocycles. The summed E-state index contributed by atoms with van der Waals surface area (Å²) in [5.41, 5.74) is 1.20. The molecule has 1 aromatic heterocycles. The Morgan fingerprint density at radius 1 is 1.53 bits per heavy atom. The highest BCUT2D eigenvalue weighted by atomic mass is 79.9. The Morgan fingerprint density at radius 3 is 2.80 bits per heavy atom. The maximum absolute atomic E-state index is 4.29. The van der Waals surface area contributed by atoms with Crippen LogP contribution in [0.4, 0.5) is 5.82 Å². The summed E-state index contributed by atoms with van der Waals surface area (Å²) in [6.07, 6.45) is 1.82. The van der Waals surface area contributed by atoms with Crippen molar-refractivity contribution < 1.29 is 0 Å². The van der Waals surface area contributed by atoms with Gasteiger partial charge in [0.1, 0.15) is 5.82 Å². The van der Waals surface area contributed by atoms with Crippen LogP contribution in [-0.4, -0.2) is 36.6 Å². The van der Waals surface area contributed by atoms with Gasteiger partial charge < -0.3 is 10.2 Å². The molecule has 1 rings (SSSR count). The molecule has 3 nitrogen and oxygen atoms in total. The van der Waals surface area contributed by atoms with Crippen molar-refractivity contribution in [1.29, 1.82) is 0 Å². The van der Waals surface area contributed by atoms with Crippen molar-refractivity contribution in [2.24, 2.45) is 0 Å².